The average Bonchev–Trinajstić information content (AvgIpc) is 2.41. The zero-order chi connectivity index (χ0) is 13.7. The minimum atomic E-state index is -0.0607. The van der Waals surface area contributed by atoms with Crippen molar-refractivity contribution in [2.45, 2.75) is 26.8 Å². The van der Waals surface area contributed by atoms with E-state index in [1.165, 1.54) is 4.68 Å². The highest BCUT2D eigenvalue weighted by Crippen LogP contribution is 2.03. The lowest BCUT2D eigenvalue weighted by Gasteiger charge is -2.08. The molecule has 5 heteroatoms. The second-order valence-electron chi connectivity index (χ2n) is 5.09. The van der Waals surface area contributed by atoms with Crippen molar-refractivity contribution in [1.29, 1.82) is 0 Å². The predicted molar refractivity (Wildman–Crippen MR) is 76.1 cm³/mol. The maximum atomic E-state index is 12.1. The Morgan fingerprint density at radius 1 is 1.32 bits per heavy atom. The second-order valence-corrected chi connectivity index (χ2v) is 5.09. The molecule has 1 aromatic heterocycles. The van der Waals surface area contributed by atoms with Crippen LogP contribution in [-0.4, -0.2) is 28.1 Å². The van der Waals surface area contributed by atoms with Crippen LogP contribution in [0.1, 0.15) is 20.3 Å². The van der Waals surface area contributed by atoms with Gasteiger partial charge in [-0.15, -0.1) is 5.10 Å². The zero-order valence-electron chi connectivity index (χ0n) is 11.5. The van der Waals surface area contributed by atoms with Gasteiger partial charge >= 0.3 is 0 Å². The van der Waals surface area contributed by atoms with Crippen LogP contribution in [0.2, 0.25) is 0 Å². The van der Waals surface area contributed by atoms with Crippen molar-refractivity contribution in [3.8, 4) is 0 Å². The lowest BCUT2D eigenvalue weighted by molar-refractivity contribution is 0.485. The maximum absolute atomic E-state index is 12.1. The number of nitrogens with one attached hydrogen (secondary N) is 1. The molecule has 0 fully saturated rings. The Balaban J connectivity index is 1.98. The molecule has 0 saturated carbocycles. The van der Waals surface area contributed by atoms with Crippen molar-refractivity contribution >= 4 is 10.9 Å². The Morgan fingerprint density at radius 3 is 2.89 bits per heavy atom. The molecule has 0 radical (unpaired) electrons. The molecule has 1 N–H and O–H groups in total. The van der Waals surface area contributed by atoms with Gasteiger partial charge in [-0.1, -0.05) is 31.2 Å². The quantitative estimate of drug-likeness (QED) is 0.798. The maximum Gasteiger partial charge on any atom is 0.277 e. The van der Waals surface area contributed by atoms with E-state index in [1.54, 1.807) is 12.1 Å². The summed E-state index contributed by atoms with van der Waals surface area (Å²) in [5, 5.41) is 12.0. The SMILES string of the molecule is CC(C)CNCCCn1nnc2ccccc2c1=O. The van der Waals surface area contributed by atoms with E-state index >= 15 is 0 Å². The highest BCUT2D eigenvalue weighted by Gasteiger charge is 2.04. The van der Waals surface area contributed by atoms with Crippen LogP contribution in [0.5, 0.6) is 0 Å². The first-order valence-corrected chi connectivity index (χ1v) is 6.71. The fourth-order valence-electron chi connectivity index (χ4n) is 1.91. The van der Waals surface area contributed by atoms with Crippen LogP contribution in [0.15, 0.2) is 29.1 Å². The summed E-state index contributed by atoms with van der Waals surface area (Å²) < 4.78 is 1.44. The lowest BCUT2D eigenvalue weighted by atomic mass is 10.2. The van der Waals surface area contributed by atoms with E-state index in [-0.39, 0.29) is 5.56 Å². The third-order valence-electron chi connectivity index (χ3n) is 2.91. The summed E-state index contributed by atoms with van der Waals surface area (Å²) in [6.07, 6.45) is 0.875. The third kappa shape index (κ3) is 3.61. The Kier molecular flexibility index (Phi) is 4.63. The molecule has 2 rings (SSSR count). The molecule has 0 amide bonds. The van der Waals surface area contributed by atoms with Gasteiger partial charge in [0.05, 0.1) is 5.39 Å². The Labute approximate surface area is 112 Å². The van der Waals surface area contributed by atoms with E-state index in [2.05, 4.69) is 29.5 Å². The molecular weight excluding hydrogens is 240 g/mol. The fraction of sp³-hybridized carbons (Fsp3) is 0.500. The number of hydrogen-bond donors (Lipinski definition) is 1. The number of aryl methyl sites for hydroxylation is 1. The van der Waals surface area contributed by atoms with Gasteiger partial charge in [-0.2, -0.15) is 0 Å². The summed E-state index contributed by atoms with van der Waals surface area (Å²) in [4.78, 5) is 12.1. The van der Waals surface area contributed by atoms with E-state index in [4.69, 9.17) is 0 Å². The van der Waals surface area contributed by atoms with Crippen LogP contribution in [0, 0.1) is 5.92 Å². The van der Waals surface area contributed by atoms with E-state index in [0.717, 1.165) is 19.5 Å². The van der Waals surface area contributed by atoms with Crippen LogP contribution >= 0.6 is 0 Å². The molecule has 0 aliphatic rings. The van der Waals surface area contributed by atoms with Gasteiger partial charge in [0.15, 0.2) is 0 Å². The minimum absolute atomic E-state index is 0.0607. The molecule has 102 valence electrons. The van der Waals surface area contributed by atoms with E-state index in [0.29, 0.717) is 23.4 Å². The molecule has 0 bridgehead atoms. The number of rotatable bonds is 6. The van der Waals surface area contributed by atoms with Crippen molar-refractivity contribution in [2.24, 2.45) is 5.92 Å². The lowest BCUT2D eigenvalue weighted by Crippen LogP contribution is -2.27. The monoisotopic (exact) mass is 260 g/mol. The largest absolute Gasteiger partial charge is 0.316 e. The minimum Gasteiger partial charge on any atom is -0.316 e. The van der Waals surface area contributed by atoms with Crippen LogP contribution in [-0.2, 0) is 6.54 Å². The summed E-state index contributed by atoms with van der Waals surface area (Å²) >= 11 is 0. The van der Waals surface area contributed by atoms with Crippen LogP contribution in [0.25, 0.3) is 10.9 Å². The van der Waals surface area contributed by atoms with Gasteiger partial charge in [-0.05, 0) is 37.6 Å². The highest BCUT2D eigenvalue weighted by molar-refractivity contribution is 5.76. The Hall–Kier alpha value is -1.75. The summed E-state index contributed by atoms with van der Waals surface area (Å²) in [6.45, 7) is 6.83. The zero-order valence-corrected chi connectivity index (χ0v) is 11.5. The summed E-state index contributed by atoms with van der Waals surface area (Å²) in [6, 6.07) is 7.30. The molecule has 0 spiro atoms. The first kappa shape index (κ1) is 13.7. The summed E-state index contributed by atoms with van der Waals surface area (Å²) in [7, 11) is 0. The topological polar surface area (TPSA) is 59.8 Å². The van der Waals surface area contributed by atoms with E-state index < -0.39 is 0 Å². The standard InChI is InChI=1S/C14H20N4O/c1-11(2)10-15-8-5-9-18-14(19)12-6-3-4-7-13(12)16-17-18/h3-4,6-7,11,15H,5,8-10H2,1-2H3. The number of benzene rings is 1. The average molecular weight is 260 g/mol. The molecule has 5 nitrogen and oxygen atoms in total. The van der Waals surface area contributed by atoms with Crippen molar-refractivity contribution in [3.63, 3.8) is 0 Å². The van der Waals surface area contributed by atoms with E-state index in [9.17, 15) is 4.79 Å². The van der Waals surface area contributed by atoms with Gasteiger partial charge in [0.25, 0.3) is 5.56 Å². The Morgan fingerprint density at radius 2 is 2.11 bits per heavy atom. The van der Waals surface area contributed by atoms with Gasteiger partial charge in [0.1, 0.15) is 5.52 Å². The van der Waals surface area contributed by atoms with Crippen molar-refractivity contribution in [3.05, 3.63) is 34.6 Å². The number of aromatic nitrogens is 3. The summed E-state index contributed by atoms with van der Waals surface area (Å²) in [5.41, 5.74) is 0.594. The van der Waals surface area contributed by atoms with Gasteiger partial charge < -0.3 is 5.32 Å². The number of hydrogen-bond acceptors (Lipinski definition) is 4. The molecule has 0 aliphatic heterocycles. The number of fused-ring (bicyclic) bond motifs is 1. The fourth-order valence-corrected chi connectivity index (χ4v) is 1.91. The van der Waals surface area contributed by atoms with Crippen LogP contribution in [0.3, 0.4) is 0 Å². The number of nitrogens with zero attached hydrogens (tertiary/aromatic N) is 3. The molecule has 2 aromatic rings. The van der Waals surface area contributed by atoms with Gasteiger partial charge in [-0.3, -0.25) is 4.79 Å². The van der Waals surface area contributed by atoms with E-state index in [1.807, 2.05) is 12.1 Å². The third-order valence-corrected chi connectivity index (χ3v) is 2.91. The summed E-state index contributed by atoms with van der Waals surface area (Å²) in [5.74, 6) is 0.642. The molecule has 0 saturated heterocycles. The first-order chi connectivity index (χ1) is 9.18. The molecule has 0 atom stereocenters. The normalized spacial score (nSPS) is 11.3. The molecule has 1 heterocycles. The molecule has 0 aliphatic carbocycles. The van der Waals surface area contributed by atoms with Gasteiger partial charge in [0.2, 0.25) is 0 Å². The highest BCUT2D eigenvalue weighted by atomic mass is 16.1. The van der Waals surface area contributed by atoms with Crippen molar-refractivity contribution < 1.29 is 0 Å². The molecular formula is C14H20N4O. The van der Waals surface area contributed by atoms with Crippen LogP contribution in [0.4, 0.5) is 0 Å². The Bertz CT molecular complexity index is 591. The molecule has 19 heavy (non-hydrogen) atoms. The molecule has 0 unspecified atom stereocenters. The van der Waals surface area contributed by atoms with Gasteiger partial charge in [0, 0.05) is 6.54 Å². The molecule has 1 aromatic carbocycles. The van der Waals surface area contributed by atoms with Crippen molar-refractivity contribution in [2.75, 3.05) is 13.1 Å². The smallest absolute Gasteiger partial charge is 0.277 e. The predicted octanol–water partition coefficient (Wildman–Crippen LogP) is 1.43. The second kappa shape index (κ2) is 6.43. The van der Waals surface area contributed by atoms with Crippen LogP contribution < -0.4 is 10.9 Å². The van der Waals surface area contributed by atoms with Crippen molar-refractivity contribution in [1.82, 2.24) is 20.3 Å². The van der Waals surface area contributed by atoms with Gasteiger partial charge in [-0.25, -0.2) is 4.68 Å². The first-order valence-electron chi connectivity index (χ1n) is 6.71.